The van der Waals surface area contributed by atoms with Gasteiger partial charge in [0.25, 0.3) is 0 Å². The summed E-state index contributed by atoms with van der Waals surface area (Å²) in [7, 11) is 0. The molecular formula is C58H38N2O. The molecule has 0 saturated carbocycles. The number of anilines is 3. The van der Waals surface area contributed by atoms with Crippen molar-refractivity contribution in [2.24, 2.45) is 0 Å². The molecule has 0 aliphatic heterocycles. The lowest BCUT2D eigenvalue weighted by molar-refractivity contribution is 0.669. The molecule has 61 heavy (non-hydrogen) atoms. The average Bonchev–Trinajstić information content (AvgIpc) is 3.89. The number of rotatable bonds is 7. The van der Waals surface area contributed by atoms with Crippen LogP contribution in [0.15, 0.2) is 235 Å². The van der Waals surface area contributed by atoms with Gasteiger partial charge in [0.1, 0.15) is 11.2 Å². The number of para-hydroxylation sites is 4. The zero-order valence-corrected chi connectivity index (χ0v) is 33.2. The summed E-state index contributed by atoms with van der Waals surface area (Å²) in [5.41, 5.74) is 15.6. The van der Waals surface area contributed by atoms with E-state index in [0.717, 1.165) is 61.4 Å². The van der Waals surface area contributed by atoms with E-state index in [1.54, 1.807) is 0 Å². The number of benzene rings is 10. The number of aromatic nitrogens is 1. The third kappa shape index (κ3) is 5.82. The van der Waals surface area contributed by atoms with E-state index in [1.807, 2.05) is 12.1 Å². The SMILES string of the molecule is c1cc(-c2ccc(N(c3ccccc3-c3cccc4oc5ccccc5c34)c3cccc4ccccc34)cc2)cc(-c2ccc(-n3c4ccccc4c4ccccc43)cc2)c1. The Bertz CT molecular complexity index is 3530. The Kier molecular flexibility index (Phi) is 8.17. The summed E-state index contributed by atoms with van der Waals surface area (Å²) < 4.78 is 8.73. The van der Waals surface area contributed by atoms with E-state index >= 15 is 0 Å². The normalized spacial score (nSPS) is 11.6. The molecule has 0 saturated heterocycles. The van der Waals surface area contributed by atoms with Crippen LogP contribution in [0.4, 0.5) is 17.1 Å². The van der Waals surface area contributed by atoms with Crippen LogP contribution < -0.4 is 4.90 Å². The van der Waals surface area contributed by atoms with Gasteiger partial charge in [-0.05, 0) is 99.9 Å². The van der Waals surface area contributed by atoms with Crippen molar-refractivity contribution in [3.8, 4) is 39.1 Å². The minimum Gasteiger partial charge on any atom is -0.456 e. The lowest BCUT2D eigenvalue weighted by atomic mass is 9.96. The average molecular weight is 779 g/mol. The first-order chi connectivity index (χ1) is 30.3. The van der Waals surface area contributed by atoms with Crippen LogP contribution in [0, 0.1) is 0 Å². The second kappa shape index (κ2) is 14.3. The molecule has 3 nitrogen and oxygen atoms in total. The molecule has 286 valence electrons. The summed E-state index contributed by atoms with van der Waals surface area (Å²) in [5, 5.41) is 7.16. The topological polar surface area (TPSA) is 21.3 Å². The van der Waals surface area contributed by atoms with Gasteiger partial charge in [0.2, 0.25) is 0 Å². The molecule has 12 aromatic rings. The van der Waals surface area contributed by atoms with Gasteiger partial charge in [-0.1, -0.05) is 164 Å². The van der Waals surface area contributed by atoms with Gasteiger partial charge in [0.05, 0.1) is 22.4 Å². The molecule has 10 aromatic carbocycles. The maximum absolute atomic E-state index is 6.37. The molecule has 12 rings (SSSR count). The van der Waals surface area contributed by atoms with Gasteiger partial charge in [-0.2, -0.15) is 0 Å². The molecule has 3 heteroatoms. The van der Waals surface area contributed by atoms with Gasteiger partial charge in [-0.25, -0.2) is 0 Å². The highest BCUT2D eigenvalue weighted by atomic mass is 16.3. The van der Waals surface area contributed by atoms with E-state index in [-0.39, 0.29) is 0 Å². The van der Waals surface area contributed by atoms with Crippen molar-refractivity contribution >= 4 is 71.6 Å². The third-order valence-corrected chi connectivity index (χ3v) is 12.2. The van der Waals surface area contributed by atoms with Crippen molar-refractivity contribution in [1.82, 2.24) is 4.57 Å². The minimum atomic E-state index is 0.885. The van der Waals surface area contributed by atoms with Gasteiger partial charge >= 0.3 is 0 Å². The van der Waals surface area contributed by atoms with E-state index in [2.05, 4.69) is 228 Å². The number of hydrogen-bond acceptors (Lipinski definition) is 2. The number of fused-ring (bicyclic) bond motifs is 7. The Balaban J connectivity index is 0.937. The van der Waals surface area contributed by atoms with E-state index in [4.69, 9.17) is 4.42 Å². The molecule has 0 spiro atoms. The fraction of sp³-hybridized carbons (Fsp3) is 0. The Morgan fingerprint density at radius 3 is 1.62 bits per heavy atom. The Morgan fingerprint density at radius 2 is 0.869 bits per heavy atom. The van der Waals surface area contributed by atoms with Crippen LogP contribution in [-0.4, -0.2) is 4.57 Å². The van der Waals surface area contributed by atoms with Crippen LogP contribution in [0.5, 0.6) is 0 Å². The quantitative estimate of drug-likeness (QED) is 0.161. The number of hydrogen-bond donors (Lipinski definition) is 0. The third-order valence-electron chi connectivity index (χ3n) is 12.2. The zero-order valence-electron chi connectivity index (χ0n) is 33.2. The first kappa shape index (κ1) is 34.9. The zero-order chi connectivity index (χ0) is 40.3. The molecule has 0 fully saturated rings. The van der Waals surface area contributed by atoms with Crippen molar-refractivity contribution in [2.45, 2.75) is 0 Å². The summed E-state index contributed by atoms with van der Waals surface area (Å²) >= 11 is 0. The van der Waals surface area contributed by atoms with Gasteiger partial charge in [-0.15, -0.1) is 0 Å². The van der Waals surface area contributed by atoms with Gasteiger partial charge in [-0.3, -0.25) is 0 Å². The molecule has 0 aliphatic carbocycles. The van der Waals surface area contributed by atoms with E-state index in [0.29, 0.717) is 0 Å². The van der Waals surface area contributed by atoms with E-state index in [9.17, 15) is 0 Å². The summed E-state index contributed by atoms with van der Waals surface area (Å²) in [6.45, 7) is 0. The van der Waals surface area contributed by atoms with Crippen molar-refractivity contribution in [3.05, 3.63) is 231 Å². The Labute approximate surface area is 353 Å². The van der Waals surface area contributed by atoms with E-state index in [1.165, 1.54) is 49.3 Å². The highest BCUT2D eigenvalue weighted by Crippen LogP contribution is 2.46. The summed E-state index contributed by atoms with van der Waals surface area (Å²) in [6, 6.07) is 82.9. The second-order valence-corrected chi connectivity index (χ2v) is 15.7. The van der Waals surface area contributed by atoms with Crippen LogP contribution in [0.2, 0.25) is 0 Å². The first-order valence-electron chi connectivity index (χ1n) is 20.8. The fourth-order valence-electron chi connectivity index (χ4n) is 9.39. The van der Waals surface area contributed by atoms with Crippen molar-refractivity contribution in [1.29, 1.82) is 0 Å². The van der Waals surface area contributed by atoms with Crippen LogP contribution >= 0.6 is 0 Å². The lowest BCUT2D eigenvalue weighted by Crippen LogP contribution is -2.11. The summed E-state index contributed by atoms with van der Waals surface area (Å²) in [4.78, 5) is 2.41. The maximum atomic E-state index is 6.37. The van der Waals surface area contributed by atoms with Crippen molar-refractivity contribution in [2.75, 3.05) is 4.90 Å². The van der Waals surface area contributed by atoms with Crippen molar-refractivity contribution < 1.29 is 4.42 Å². The Morgan fingerprint density at radius 1 is 0.344 bits per heavy atom. The molecule has 0 atom stereocenters. The first-order valence-corrected chi connectivity index (χ1v) is 20.8. The summed E-state index contributed by atoms with van der Waals surface area (Å²) in [6.07, 6.45) is 0. The molecule has 0 amide bonds. The van der Waals surface area contributed by atoms with Crippen LogP contribution in [-0.2, 0) is 0 Å². The van der Waals surface area contributed by atoms with Crippen LogP contribution in [0.1, 0.15) is 0 Å². The number of furan rings is 1. The molecular weight excluding hydrogens is 741 g/mol. The Hall–Kier alpha value is -8.14. The predicted molar refractivity (Wildman–Crippen MR) is 257 cm³/mol. The smallest absolute Gasteiger partial charge is 0.136 e. The van der Waals surface area contributed by atoms with Gasteiger partial charge in [0, 0.05) is 43.9 Å². The largest absolute Gasteiger partial charge is 0.456 e. The van der Waals surface area contributed by atoms with Crippen molar-refractivity contribution in [3.63, 3.8) is 0 Å². The molecule has 0 aliphatic rings. The van der Waals surface area contributed by atoms with Gasteiger partial charge in [0.15, 0.2) is 0 Å². The molecule has 2 aromatic heterocycles. The highest BCUT2D eigenvalue weighted by Gasteiger charge is 2.22. The predicted octanol–water partition coefficient (Wildman–Crippen LogP) is 16.3. The highest BCUT2D eigenvalue weighted by molar-refractivity contribution is 6.14. The summed E-state index contributed by atoms with van der Waals surface area (Å²) in [5.74, 6) is 0. The fourth-order valence-corrected chi connectivity index (χ4v) is 9.39. The molecule has 0 radical (unpaired) electrons. The molecule has 2 heterocycles. The standard InChI is InChI=1S/C58H38N2O/c1-2-18-46-41(14-1)15-12-27-52(46)59(55-26-9-5-21-49(55)50-23-13-29-57-58(50)51-22-6-10-28-56(51)61-57)44-34-30-39(31-35-44)42-16-11-17-43(38-42)40-32-36-45(37-33-40)60-53-24-7-3-19-47(53)48-20-4-8-25-54(48)60/h1-38H. The monoisotopic (exact) mass is 778 g/mol. The molecule has 0 N–H and O–H groups in total. The van der Waals surface area contributed by atoms with Crippen LogP contribution in [0.3, 0.4) is 0 Å². The van der Waals surface area contributed by atoms with E-state index < -0.39 is 0 Å². The number of nitrogens with zero attached hydrogens (tertiary/aromatic N) is 2. The molecule has 0 unspecified atom stereocenters. The lowest BCUT2D eigenvalue weighted by Gasteiger charge is -2.29. The maximum Gasteiger partial charge on any atom is 0.136 e. The molecule has 0 bridgehead atoms. The van der Waals surface area contributed by atoms with Crippen LogP contribution in [0.25, 0.3) is 93.6 Å². The second-order valence-electron chi connectivity index (χ2n) is 15.7. The van der Waals surface area contributed by atoms with Gasteiger partial charge < -0.3 is 13.9 Å². The minimum absolute atomic E-state index is 0.885.